The van der Waals surface area contributed by atoms with Crippen LogP contribution in [0, 0.1) is 0 Å². The first kappa shape index (κ1) is 15.8. The number of para-hydroxylation sites is 1. The molecule has 0 spiro atoms. The van der Waals surface area contributed by atoms with E-state index in [9.17, 15) is 9.90 Å². The van der Waals surface area contributed by atoms with Gasteiger partial charge in [0.15, 0.2) is 0 Å². The third-order valence-electron chi connectivity index (χ3n) is 3.95. The summed E-state index contributed by atoms with van der Waals surface area (Å²) >= 11 is 0. The SMILES string of the molecule is CCOc1ccccc1C[C@H](C(=O)O)N1CCN(C)CC1. The molecule has 1 aliphatic heterocycles. The van der Waals surface area contributed by atoms with Crippen molar-refractivity contribution in [1.29, 1.82) is 0 Å². The van der Waals surface area contributed by atoms with Crippen LogP contribution in [-0.2, 0) is 11.2 Å². The summed E-state index contributed by atoms with van der Waals surface area (Å²) in [5, 5.41) is 9.58. The lowest BCUT2D eigenvalue weighted by Crippen LogP contribution is -2.52. The van der Waals surface area contributed by atoms with Crippen LogP contribution in [0.1, 0.15) is 12.5 Å². The number of nitrogens with zero attached hydrogens (tertiary/aromatic N) is 2. The molecule has 0 radical (unpaired) electrons. The van der Waals surface area contributed by atoms with E-state index in [4.69, 9.17) is 4.74 Å². The van der Waals surface area contributed by atoms with E-state index in [1.165, 1.54) is 0 Å². The second-order valence-electron chi connectivity index (χ2n) is 5.44. The maximum absolute atomic E-state index is 11.7. The third-order valence-corrected chi connectivity index (χ3v) is 3.95. The Labute approximate surface area is 126 Å². The number of rotatable bonds is 6. The molecule has 1 aliphatic rings. The van der Waals surface area contributed by atoms with E-state index in [1.54, 1.807) is 0 Å². The molecule has 21 heavy (non-hydrogen) atoms. The predicted octanol–water partition coefficient (Wildman–Crippen LogP) is 1.33. The number of ether oxygens (including phenoxy) is 1. The fourth-order valence-corrected chi connectivity index (χ4v) is 2.68. The van der Waals surface area contributed by atoms with Gasteiger partial charge in [-0.15, -0.1) is 0 Å². The van der Waals surface area contributed by atoms with Gasteiger partial charge < -0.3 is 14.7 Å². The minimum Gasteiger partial charge on any atom is -0.494 e. The van der Waals surface area contributed by atoms with Gasteiger partial charge in [-0.1, -0.05) is 18.2 Å². The number of hydrogen-bond donors (Lipinski definition) is 1. The molecule has 5 heteroatoms. The summed E-state index contributed by atoms with van der Waals surface area (Å²) in [5.74, 6) is 0.0335. The monoisotopic (exact) mass is 292 g/mol. The van der Waals surface area contributed by atoms with Gasteiger partial charge in [0.25, 0.3) is 0 Å². The average Bonchev–Trinajstić information content (AvgIpc) is 2.47. The van der Waals surface area contributed by atoms with Crippen molar-refractivity contribution in [2.24, 2.45) is 0 Å². The highest BCUT2D eigenvalue weighted by molar-refractivity contribution is 5.74. The quantitative estimate of drug-likeness (QED) is 0.857. The van der Waals surface area contributed by atoms with Gasteiger partial charge in [-0.3, -0.25) is 9.69 Å². The Hall–Kier alpha value is -1.59. The summed E-state index contributed by atoms with van der Waals surface area (Å²) < 4.78 is 5.60. The van der Waals surface area contributed by atoms with Gasteiger partial charge in [-0.2, -0.15) is 0 Å². The number of benzene rings is 1. The minimum absolute atomic E-state index is 0.481. The zero-order valence-electron chi connectivity index (χ0n) is 12.8. The zero-order chi connectivity index (χ0) is 15.2. The minimum atomic E-state index is -0.758. The highest BCUT2D eigenvalue weighted by atomic mass is 16.5. The van der Waals surface area contributed by atoms with E-state index < -0.39 is 12.0 Å². The van der Waals surface area contributed by atoms with Gasteiger partial charge in [-0.25, -0.2) is 0 Å². The fourth-order valence-electron chi connectivity index (χ4n) is 2.68. The zero-order valence-corrected chi connectivity index (χ0v) is 12.8. The molecule has 2 rings (SSSR count). The Morgan fingerprint density at radius 2 is 1.95 bits per heavy atom. The van der Waals surface area contributed by atoms with Gasteiger partial charge in [0.05, 0.1) is 6.61 Å². The third kappa shape index (κ3) is 4.19. The average molecular weight is 292 g/mol. The molecular formula is C16H24N2O3. The van der Waals surface area contributed by atoms with Crippen molar-refractivity contribution < 1.29 is 14.6 Å². The van der Waals surface area contributed by atoms with Crippen molar-refractivity contribution >= 4 is 5.97 Å². The molecule has 1 heterocycles. The molecule has 1 aromatic carbocycles. The molecule has 1 saturated heterocycles. The van der Waals surface area contributed by atoms with Crippen LogP contribution < -0.4 is 4.74 Å². The summed E-state index contributed by atoms with van der Waals surface area (Å²) in [7, 11) is 2.07. The van der Waals surface area contributed by atoms with Crippen LogP contribution in [0.15, 0.2) is 24.3 Å². The number of carboxylic acids is 1. The number of hydrogen-bond acceptors (Lipinski definition) is 4. The maximum atomic E-state index is 11.7. The first-order chi connectivity index (χ1) is 10.1. The summed E-state index contributed by atoms with van der Waals surface area (Å²) in [5.41, 5.74) is 0.964. The summed E-state index contributed by atoms with van der Waals surface area (Å²) in [6, 6.07) is 7.22. The Balaban J connectivity index is 2.11. The van der Waals surface area contributed by atoms with Crippen LogP contribution in [0.2, 0.25) is 0 Å². The summed E-state index contributed by atoms with van der Waals surface area (Å²) in [6.07, 6.45) is 0.481. The molecule has 0 saturated carbocycles. The smallest absolute Gasteiger partial charge is 0.321 e. The van der Waals surface area contributed by atoms with E-state index in [0.29, 0.717) is 13.0 Å². The molecule has 1 aromatic rings. The molecule has 0 unspecified atom stereocenters. The van der Waals surface area contributed by atoms with Crippen molar-refractivity contribution in [3.63, 3.8) is 0 Å². The van der Waals surface area contributed by atoms with Crippen LogP contribution in [0.25, 0.3) is 0 Å². The van der Waals surface area contributed by atoms with Gasteiger partial charge in [-0.05, 0) is 25.6 Å². The molecule has 1 fully saturated rings. The molecule has 116 valence electrons. The summed E-state index contributed by atoms with van der Waals surface area (Å²) in [6.45, 7) is 5.94. The Bertz CT molecular complexity index is 470. The lowest BCUT2D eigenvalue weighted by Gasteiger charge is -2.36. The Morgan fingerprint density at radius 1 is 1.29 bits per heavy atom. The van der Waals surface area contributed by atoms with E-state index in [-0.39, 0.29) is 0 Å². The maximum Gasteiger partial charge on any atom is 0.321 e. The molecule has 1 N–H and O–H groups in total. The molecule has 0 amide bonds. The number of piperazine rings is 1. The van der Waals surface area contributed by atoms with Gasteiger partial charge in [0.1, 0.15) is 11.8 Å². The van der Waals surface area contributed by atoms with Crippen LogP contribution in [-0.4, -0.2) is 66.8 Å². The van der Waals surface area contributed by atoms with Crippen molar-refractivity contribution in [2.45, 2.75) is 19.4 Å². The van der Waals surface area contributed by atoms with E-state index in [1.807, 2.05) is 31.2 Å². The topological polar surface area (TPSA) is 53.0 Å². The van der Waals surface area contributed by atoms with Gasteiger partial charge in [0, 0.05) is 32.6 Å². The van der Waals surface area contributed by atoms with Gasteiger partial charge in [0.2, 0.25) is 0 Å². The molecule has 0 aromatic heterocycles. The lowest BCUT2D eigenvalue weighted by molar-refractivity contribution is -0.144. The number of aliphatic carboxylic acids is 1. The highest BCUT2D eigenvalue weighted by Gasteiger charge is 2.28. The largest absolute Gasteiger partial charge is 0.494 e. The lowest BCUT2D eigenvalue weighted by atomic mass is 10.0. The fraction of sp³-hybridized carbons (Fsp3) is 0.562. The normalized spacial score (nSPS) is 18.4. The standard InChI is InChI=1S/C16H24N2O3/c1-3-21-15-7-5-4-6-13(15)12-14(16(19)20)18-10-8-17(2)9-11-18/h4-7,14H,3,8-12H2,1-2H3,(H,19,20)/t14-/m1/s1. The number of carboxylic acid groups (broad SMARTS) is 1. The van der Waals surface area contributed by atoms with Crippen molar-refractivity contribution in [3.05, 3.63) is 29.8 Å². The van der Waals surface area contributed by atoms with Crippen LogP contribution in [0.5, 0.6) is 5.75 Å². The molecular weight excluding hydrogens is 268 g/mol. The van der Waals surface area contributed by atoms with E-state index in [0.717, 1.165) is 37.5 Å². The molecule has 0 aliphatic carbocycles. The van der Waals surface area contributed by atoms with Crippen molar-refractivity contribution in [2.75, 3.05) is 39.8 Å². The summed E-state index contributed by atoms with van der Waals surface area (Å²) in [4.78, 5) is 15.9. The molecule has 5 nitrogen and oxygen atoms in total. The first-order valence-electron chi connectivity index (χ1n) is 7.48. The Morgan fingerprint density at radius 3 is 2.57 bits per heavy atom. The van der Waals surface area contributed by atoms with Crippen LogP contribution >= 0.6 is 0 Å². The number of carbonyl (C=O) groups is 1. The van der Waals surface area contributed by atoms with Crippen LogP contribution in [0.4, 0.5) is 0 Å². The highest BCUT2D eigenvalue weighted by Crippen LogP contribution is 2.22. The van der Waals surface area contributed by atoms with Gasteiger partial charge >= 0.3 is 5.97 Å². The second-order valence-corrected chi connectivity index (χ2v) is 5.44. The molecule has 0 bridgehead atoms. The predicted molar refractivity (Wildman–Crippen MR) is 81.8 cm³/mol. The van der Waals surface area contributed by atoms with Crippen LogP contribution in [0.3, 0.4) is 0 Å². The van der Waals surface area contributed by atoms with Crippen molar-refractivity contribution in [3.8, 4) is 5.75 Å². The molecule has 1 atom stereocenters. The first-order valence-corrected chi connectivity index (χ1v) is 7.48. The van der Waals surface area contributed by atoms with Crippen molar-refractivity contribution in [1.82, 2.24) is 9.80 Å². The number of likely N-dealkylation sites (N-methyl/N-ethyl adjacent to an activating group) is 1. The second kappa shape index (κ2) is 7.43. The Kier molecular flexibility index (Phi) is 5.59. The van der Waals surface area contributed by atoms with E-state index in [2.05, 4.69) is 16.8 Å². The van der Waals surface area contributed by atoms with E-state index >= 15 is 0 Å².